The number of rotatable bonds is 3. The lowest BCUT2D eigenvalue weighted by atomic mass is 9.89. The van der Waals surface area contributed by atoms with Crippen LogP contribution in [-0.4, -0.2) is 0 Å². The lowest BCUT2D eigenvalue weighted by Gasteiger charge is -2.14. The summed E-state index contributed by atoms with van der Waals surface area (Å²) in [5.41, 5.74) is 4.13. The molecule has 0 aliphatic carbocycles. The van der Waals surface area contributed by atoms with E-state index >= 15 is 0 Å². The molecule has 23 heavy (non-hydrogen) atoms. The van der Waals surface area contributed by atoms with E-state index in [-0.39, 0.29) is 0 Å². The van der Waals surface area contributed by atoms with Gasteiger partial charge in [-0.2, -0.15) is 0 Å². The van der Waals surface area contributed by atoms with Crippen LogP contribution in [0.15, 0.2) is 84.9 Å². The maximum absolute atomic E-state index is 2.32. The fourth-order valence-corrected chi connectivity index (χ4v) is 4.51. The van der Waals surface area contributed by atoms with Gasteiger partial charge in [0.05, 0.1) is 0 Å². The van der Waals surface area contributed by atoms with Crippen LogP contribution < -0.4 is 0 Å². The molecule has 4 rings (SSSR count). The average molecular weight is 314 g/mol. The molecule has 0 N–H and O–H groups in total. The van der Waals surface area contributed by atoms with Crippen molar-refractivity contribution in [2.24, 2.45) is 0 Å². The van der Waals surface area contributed by atoms with Crippen molar-refractivity contribution in [2.45, 2.75) is 12.8 Å². The van der Waals surface area contributed by atoms with Crippen LogP contribution in [0.1, 0.15) is 24.0 Å². The van der Waals surface area contributed by atoms with Crippen LogP contribution in [0.4, 0.5) is 0 Å². The Morgan fingerprint density at radius 2 is 1.30 bits per heavy atom. The molecular weight excluding hydrogens is 296 g/mol. The van der Waals surface area contributed by atoms with Gasteiger partial charge in [-0.1, -0.05) is 85.8 Å². The number of hydrogen-bond donors (Lipinski definition) is 0. The van der Waals surface area contributed by atoms with Crippen molar-refractivity contribution < 1.29 is 0 Å². The standard InChI is InChI=1S/C22H18S/c1-16(17-10-4-2-5-11-17)21-19-14-8-9-15-20(19)23-22(21)18-12-6-3-7-13-18/h2-16H,1H3/t16-/m0/s1. The van der Waals surface area contributed by atoms with Crippen LogP contribution in [0.25, 0.3) is 20.5 Å². The van der Waals surface area contributed by atoms with E-state index in [9.17, 15) is 0 Å². The smallest absolute Gasteiger partial charge is 0.0393 e. The van der Waals surface area contributed by atoms with Gasteiger partial charge in [0.15, 0.2) is 0 Å². The van der Waals surface area contributed by atoms with Crippen LogP contribution >= 0.6 is 11.3 Å². The van der Waals surface area contributed by atoms with Crippen molar-refractivity contribution in [2.75, 3.05) is 0 Å². The second-order valence-corrected chi connectivity index (χ2v) is 6.89. The normalized spacial score (nSPS) is 12.4. The first kappa shape index (κ1) is 14.2. The first-order valence-electron chi connectivity index (χ1n) is 7.96. The molecule has 1 heterocycles. The lowest BCUT2D eigenvalue weighted by molar-refractivity contribution is 0.940. The molecular formula is C22H18S. The zero-order valence-corrected chi connectivity index (χ0v) is 13.9. The van der Waals surface area contributed by atoms with Gasteiger partial charge < -0.3 is 0 Å². The van der Waals surface area contributed by atoms with Gasteiger partial charge in [0.2, 0.25) is 0 Å². The van der Waals surface area contributed by atoms with Crippen molar-refractivity contribution in [1.82, 2.24) is 0 Å². The van der Waals surface area contributed by atoms with E-state index in [1.165, 1.54) is 31.7 Å². The maximum atomic E-state index is 2.32. The average Bonchev–Trinajstić information content (AvgIpc) is 3.02. The van der Waals surface area contributed by atoms with E-state index in [4.69, 9.17) is 0 Å². The molecule has 0 aliphatic heterocycles. The van der Waals surface area contributed by atoms with E-state index in [1.807, 2.05) is 11.3 Å². The van der Waals surface area contributed by atoms with E-state index in [0.29, 0.717) is 5.92 Å². The largest absolute Gasteiger partial charge is 0.135 e. The minimum absolute atomic E-state index is 0.377. The van der Waals surface area contributed by atoms with Gasteiger partial charge in [-0.3, -0.25) is 0 Å². The van der Waals surface area contributed by atoms with E-state index in [2.05, 4.69) is 91.9 Å². The quantitative estimate of drug-likeness (QED) is 0.394. The van der Waals surface area contributed by atoms with Crippen molar-refractivity contribution in [1.29, 1.82) is 0 Å². The molecule has 1 aromatic heterocycles. The summed E-state index contributed by atoms with van der Waals surface area (Å²) in [6, 6.07) is 30.3. The predicted octanol–water partition coefficient (Wildman–Crippen LogP) is 6.72. The first-order valence-corrected chi connectivity index (χ1v) is 8.78. The lowest BCUT2D eigenvalue weighted by Crippen LogP contribution is -1.96. The van der Waals surface area contributed by atoms with Crippen LogP contribution in [0.2, 0.25) is 0 Å². The van der Waals surface area contributed by atoms with E-state index < -0.39 is 0 Å². The monoisotopic (exact) mass is 314 g/mol. The molecule has 0 radical (unpaired) electrons. The van der Waals surface area contributed by atoms with Gasteiger partial charge in [-0.15, -0.1) is 11.3 Å². The summed E-state index contributed by atoms with van der Waals surface area (Å²) < 4.78 is 1.36. The summed E-state index contributed by atoms with van der Waals surface area (Å²) in [5, 5.41) is 1.38. The third-order valence-electron chi connectivity index (χ3n) is 4.40. The molecule has 0 saturated carbocycles. The Bertz CT molecular complexity index is 920. The Hall–Kier alpha value is -2.38. The Morgan fingerprint density at radius 1 is 0.696 bits per heavy atom. The molecule has 0 saturated heterocycles. The van der Waals surface area contributed by atoms with Crippen molar-refractivity contribution in [3.05, 3.63) is 96.1 Å². The molecule has 0 amide bonds. The van der Waals surface area contributed by atoms with Gasteiger partial charge in [-0.05, 0) is 28.1 Å². The van der Waals surface area contributed by atoms with Gasteiger partial charge in [0.1, 0.15) is 0 Å². The topological polar surface area (TPSA) is 0 Å². The van der Waals surface area contributed by atoms with Crippen molar-refractivity contribution in [3.63, 3.8) is 0 Å². The Balaban J connectivity index is 1.97. The van der Waals surface area contributed by atoms with Gasteiger partial charge >= 0.3 is 0 Å². The zero-order chi connectivity index (χ0) is 15.6. The fourth-order valence-electron chi connectivity index (χ4n) is 3.21. The zero-order valence-electron chi connectivity index (χ0n) is 13.1. The Morgan fingerprint density at radius 3 is 2.04 bits per heavy atom. The van der Waals surface area contributed by atoms with Gasteiger partial charge in [-0.25, -0.2) is 0 Å². The van der Waals surface area contributed by atoms with E-state index in [1.54, 1.807) is 0 Å². The summed E-state index contributed by atoms with van der Waals surface area (Å²) in [5.74, 6) is 0.377. The highest BCUT2D eigenvalue weighted by Crippen LogP contribution is 2.44. The molecule has 3 aromatic carbocycles. The third-order valence-corrected chi connectivity index (χ3v) is 5.64. The van der Waals surface area contributed by atoms with Crippen molar-refractivity contribution >= 4 is 21.4 Å². The van der Waals surface area contributed by atoms with Crippen LogP contribution in [-0.2, 0) is 0 Å². The molecule has 1 heteroatoms. The molecule has 0 nitrogen and oxygen atoms in total. The summed E-state index contributed by atoms with van der Waals surface area (Å²) in [7, 11) is 0. The summed E-state index contributed by atoms with van der Waals surface area (Å²) in [6.07, 6.45) is 0. The molecule has 0 unspecified atom stereocenters. The number of benzene rings is 3. The summed E-state index contributed by atoms with van der Waals surface area (Å²) in [6.45, 7) is 2.32. The maximum Gasteiger partial charge on any atom is 0.0393 e. The Labute approximate surface area is 141 Å². The third kappa shape index (κ3) is 2.58. The van der Waals surface area contributed by atoms with Gasteiger partial charge in [0.25, 0.3) is 0 Å². The fraction of sp³-hybridized carbons (Fsp3) is 0.0909. The molecule has 0 bridgehead atoms. The summed E-state index contributed by atoms with van der Waals surface area (Å²) >= 11 is 1.90. The van der Waals surface area contributed by atoms with Crippen LogP contribution in [0.3, 0.4) is 0 Å². The Kier molecular flexibility index (Phi) is 3.72. The van der Waals surface area contributed by atoms with Gasteiger partial charge in [0, 0.05) is 15.5 Å². The first-order chi connectivity index (χ1) is 11.3. The van der Waals surface area contributed by atoms with Crippen molar-refractivity contribution in [3.8, 4) is 10.4 Å². The number of fused-ring (bicyclic) bond motifs is 1. The predicted molar refractivity (Wildman–Crippen MR) is 101 cm³/mol. The molecule has 1 atom stereocenters. The molecule has 0 fully saturated rings. The minimum atomic E-state index is 0.377. The highest BCUT2D eigenvalue weighted by molar-refractivity contribution is 7.22. The highest BCUT2D eigenvalue weighted by atomic mass is 32.1. The summed E-state index contributed by atoms with van der Waals surface area (Å²) in [4.78, 5) is 1.39. The number of thiophene rings is 1. The second-order valence-electron chi connectivity index (χ2n) is 5.84. The highest BCUT2D eigenvalue weighted by Gasteiger charge is 2.19. The van der Waals surface area contributed by atoms with E-state index in [0.717, 1.165) is 0 Å². The molecule has 112 valence electrons. The second kappa shape index (κ2) is 6.02. The molecule has 4 aromatic rings. The molecule has 0 spiro atoms. The number of hydrogen-bond acceptors (Lipinski definition) is 1. The minimum Gasteiger partial charge on any atom is -0.135 e. The SMILES string of the molecule is C[C@@H](c1ccccc1)c1c(-c2ccccc2)sc2ccccc12. The molecule has 0 aliphatic rings. The van der Waals surface area contributed by atoms with Crippen LogP contribution in [0.5, 0.6) is 0 Å². The van der Waals surface area contributed by atoms with Crippen LogP contribution in [0, 0.1) is 0 Å².